The number of benzene rings is 1. The van der Waals surface area contributed by atoms with Gasteiger partial charge in [0.25, 0.3) is 0 Å². The van der Waals surface area contributed by atoms with Gasteiger partial charge in [-0.3, -0.25) is 4.90 Å². The summed E-state index contributed by atoms with van der Waals surface area (Å²) in [5.74, 6) is 1.12. The highest BCUT2D eigenvalue weighted by molar-refractivity contribution is 5.94. The minimum atomic E-state index is -0.236. The van der Waals surface area contributed by atoms with E-state index in [4.69, 9.17) is 10.00 Å². The predicted molar refractivity (Wildman–Crippen MR) is 120 cm³/mol. The Morgan fingerprint density at radius 1 is 1.27 bits per heavy atom. The summed E-state index contributed by atoms with van der Waals surface area (Å²) in [5.41, 5.74) is 5.40. The molecule has 168 valence electrons. The molecule has 0 amide bonds. The smallest absolute Gasteiger partial charge is 0.338 e. The van der Waals surface area contributed by atoms with Crippen LogP contribution in [0.4, 0.5) is 0 Å². The number of nitrogens with one attached hydrogen (secondary N) is 1. The van der Waals surface area contributed by atoms with Crippen molar-refractivity contribution in [2.75, 3.05) is 13.1 Å². The van der Waals surface area contributed by atoms with Gasteiger partial charge in [0.05, 0.1) is 17.7 Å². The third kappa shape index (κ3) is 3.99. The normalized spacial score (nSPS) is 20.4. The van der Waals surface area contributed by atoms with Crippen LogP contribution in [-0.4, -0.2) is 49.7 Å². The number of nitriles is 1. The molecule has 0 bridgehead atoms. The lowest BCUT2D eigenvalue weighted by Crippen LogP contribution is -2.50. The van der Waals surface area contributed by atoms with Gasteiger partial charge in [-0.1, -0.05) is 6.07 Å². The zero-order valence-corrected chi connectivity index (χ0v) is 18.9. The Balaban J connectivity index is 1.33. The third-order valence-corrected chi connectivity index (χ3v) is 6.40. The molecule has 2 aromatic heterocycles. The van der Waals surface area contributed by atoms with Gasteiger partial charge in [-0.05, 0) is 49.6 Å². The third-order valence-electron chi connectivity index (χ3n) is 6.40. The molecule has 4 heterocycles. The number of aromatic nitrogens is 4. The standard InChI is InChI=1S/C24H25N7O2/c1-14-6-23(26-8-17(14)7-25)31-13-27-22(29-31)11-30-9-15(2)28-21(10-30)18-4-5-19-20(16(18)3)12-33-24(19)32/h4-6,8,13,15,21,28H,9-12H2,1-3H3/t15-,21-/m0/s1. The summed E-state index contributed by atoms with van der Waals surface area (Å²) in [6.07, 6.45) is 3.22. The van der Waals surface area contributed by atoms with E-state index < -0.39 is 0 Å². The number of carbonyl (C=O) groups excluding carboxylic acids is 1. The van der Waals surface area contributed by atoms with E-state index in [0.29, 0.717) is 36.1 Å². The fourth-order valence-corrected chi connectivity index (χ4v) is 4.69. The number of hydrogen-bond acceptors (Lipinski definition) is 8. The second kappa shape index (κ2) is 8.39. The van der Waals surface area contributed by atoms with Crippen LogP contribution in [0.15, 0.2) is 30.7 Å². The molecule has 33 heavy (non-hydrogen) atoms. The number of piperazine rings is 1. The molecule has 1 N–H and O–H groups in total. The summed E-state index contributed by atoms with van der Waals surface area (Å²) >= 11 is 0. The van der Waals surface area contributed by atoms with Crippen molar-refractivity contribution in [3.63, 3.8) is 0 Å². The molecule has 0 radical (unpaired) electrons. The number of hydrogen-bond donors (Lipinski definition) is 1. The average Bonchev–Trinajstić information content (AvgIpc) is 3.41. The zero-order chi connectivity index (χ0) is 23.1. The van der Waals surface area contributed by atoms with Gasteiger partial charge in [0.15, 0.2) is 11.6 Å². The molecule has 3 aromatic rings. The summed E-state index contributed by atoms with van der Waals surface area (Å²) in [5, 5.41) is 17.4. The largest absolute Gasteiger partial charge is 0.457 e. The van der Waals surface area contributed by atoms with Gasteiger partial charge < -0.3 is 10.1 Å². The van der Waals surface area contributed by atoms with Crippen molar-refractivity contribution in [2.45, 2.75) is 46.0 Å². The summed E-state index contributed by atoms with van der Waals surface area (Å²) in [6, 6.07) is 8.32. The molecule has 9 nitrogen and oxygen atoms in total. The van der Waals surface area contributed by atoms with Gasteiger partial charge in [-0.15, -0.1) is 5.10 Å². The van der Waals surface area contributed by atoms with Crippen molar-refractivity contribution in [2.24, 2.45) is 0 Å². The molecular weight excluding hydrogens is 418 g/mol. The van der Waals surface area contributed by atoms with E-state index in [9.17, 15) is 4.79 Å². The number of rotatable bonds is 4. The van der Waals surface area contributed by atoms with E-state index in [1.54, 1.807) is 17.2 Å². The molecule has 0 saturated carbocycles. The Labute approximate surface area is 192 Å². The Morgan fingerprint density at radius 3 is 2.91 bits per heavy atom. The van der Waals surface area contributed by atoms with Gasteiger partial charge in [-0.2, -0.15) is 5.26 Å². The fraction of sp³-hybridized carbons (Fsp3) is 0.375. The molecule has 1 fully saturated rings. The molecule has 0 aliphatic carbocycles. The zero-order valence-electron chi connectivity index (χ0n) is 18.9. The average molecular weight is 444 g/mol. The highest BCUT2D eigenvalue weighted by Gasteiger charge is 2.30. The van der Waals surface area contributed by atoms with Crippen LogP contribution in [0.1, 0.15) is 57.0 Å². The van der Waals surface area contributed by atoms with Crippen molar-refractivity contribution in [3.05, 3.63) is 69.9 Å². The Morgan fingerprint density at radius 2 is 2.12 bits per heavy atom. The summed E-state index contributed by atoms with van der Waals surface area (Å²) in [7, 11) is 0. The highest BCUT2D eigenvalue weighted by atomic mass is 16.5. The number of fused-ring (bicyclic) bond motifs is 1. The maximum atomic E-state index is 11.9. The number of aryl methyl sites for hydroxylation is 1. The molecule has 2 aliphatic heterocycles. The molecule has 1 saturated heterocycles. The Bertz CT molecular complexity index is 1280. The van der Waals surface area contributed by atoms with Gasteiger partial charge in [0, 0.05) is 36.9 Å². The van der Waals surface area contributed by atoms with E-state index >= 15 is 0 Å². The maximum absolute atomic E-state index is 11.9. The van der Waals surface area contributed by atoms with Crippen molar-refractivity contribution >= 4 is 5.97 Å². The SMILES string of the molecule is Cc1cc(-n2cnc(CN3C[C@@H](c4ccc5c(c4C)COC5=O)N[C@@H](C)C3)n2)ncc1C#N. The molecule has 2 aliphatic rings. The quantitative estimate of drug-likeness (QED) is 0.612. The minimum absolute atomic E-state index is 0.139. The van der Waals surface area contributed by atoms with Crippen LogP contribution in [0, 0.1) is 25.2 Å². The molecule has 9 heteroatoms. The molecule has 0 spiro atoms. The number of cyclic esters (lactones) is 1. The summed E-state index contributed by atoms with van der Waals surface area (Å²) < 4.78 is 6.86. The monoisotopic (exact) mass is 443 g/mol. The highest BCUT2D eigenvalue weighted by Crippen LogP contribution is 2.31. The first kappa shape index (κ1) is 21.2. The van der Waals surface area contributed by atoms with Crippen LogP contribution in [0.2, 0.25) is 0 Å². The number of esters is 1. The summed E-state index contributed by atoms with van der Waals surface area (Å²) in [6.45, 7) is 8.78. The first-order valence-corrected chi connectivity index (χ1v) is 11.0. The second-order valence-electron chi connectivity index (χ2n) is 8.77. The van der Waals surface area contributed by atoms with Crippen molar-refractivity contribution in [1.82, 2.24) is 30.0 Å². The number of pyridine rings is 1. The van der Waals surface area contributed by atoms with E-state index in [-0.39, 0.29) is 12.0 Å². The van der Waals surface area contributed by atoms with E-state index in [0.717, 1.165) is 35.6 Å². The molecule has 2 atom stereocenters. The van der Waals surface area contributed by atoms with Crippen LogP contribution < -0.4 is 5.32 Å². The topological polar surface area (TPSA) is 109 Å². The Kier molecular flexibility index (Phi) is 5.40. The van der Waals surface area contributed by atoms with E-state index in [2.05, 4.69) is 45.2 Å². The second-order valence-corrected chi connectivity index (χ2v) is 8.77. The molecule has 1 aromatic carbocycles. The number of carbonyl (C=O) groups is 1. The minimum Gasteiger partial charge on any atom is -0.457 e. The van der Waals surface area contributed by atoms with Crippen LogP contribution in [0.5, 0.6) is 0 Å². The van der Waals surface area contributed by atoms with Gasteiger partial charge in [0.1, 0.15) is 19.0 Å². The van der Waals surface area contributed by atoms with Gasteiger partial charge in [-0.25, -0.2) is 19.4 Å². The lowest BCUT2D eigenvalue weighted by atomic mass is 9.92. The van der Waals surface area contributed by atoms with Crippen molar-refractivity contribution in [3.8, 4) is 11.9 Å². The molecule has 0 unspecified atom stereocenters. The summed E-state index contributed by atoms with van der Waals surface area (Å²) in [4.78, 5) is 23.0. The van der Waals surface area contributed by atoms with Crippen molar-refractivity contribution in [1.29, 1.82) is 5.26 Å². The Hall–Kier alpha value is -3.61. The first-order chi connectivity index (χ1) is 15.9. The maximum Gasteiger partial charge on any atom is 0.338 e. The van der Waals surface area contributed by atoms with E-state index in [1.807, 2.05) is 25.1 Å². The van der Waals surface area contributed by atoms with Crippen LogP contribution in [0.3, 0.4) is 0 Å². The first-order valence-electron chi connectivity index (χ1n) is 11.0. The lowest BCUT2D eigenvalue weighted by Gasteiger charge is -2.38. The van der Waals surface area contributed by atoms with Crippen LogP contribution in [-0.2, 0) is 17.9 Å². The lowest BCUT2D eigenvalue weighted by molar-refractivity contribution is 0.0535. The van der Waals surface area contributed by atoms with Crippen molar-refractivity contribution < 1.29 is 9.53 Å². The van der Waals surface area contributed by atoms with Gasteiger partial charge >= 0.3 is 5.97 Å². The van der Waals surface area contributed by atoms with Crippen LogP contribution in [0.25, 0.3) is 5.82 Å². The molecular formula is C24H25N7O2. The van der Waals surface area contributed by atoms with Gasteiger partial charge in [0.2, 0.25) is 0 Å². The van der Waals surface area contributed by atoms with Crippen LogP contribution >= 0.6 is 0 Å². The molecule has 5 rings (SSSR count). The van der Waals surface area contributed by atoms with E-state index in [1.165, 1.54) is 5.56 Å². The predicted octanol–water partition coefficient (Wildman–Crippen LogP) is 2.36. The fourth-order valence-electron chi connectivity index (χ4n) is 4.69. The number of nitrogens with zero attached hydrogens (tertiary/aromatic N) is 6. The number of ether oxygens (including phenoxy) is 1.